The summed E-state index contributed by atoms with van der Waals surface area (Å²) in [6.45, 7) is 0. The lowest BCUT2D eigenvalue weighted by Gasteiger charge is -2.26. The molecular weight excluding hydrogens is 531 g/mol. The monoisotopic (exact) mass is 555 g/mol. The van der Waals surface area contributed by atoms with E-state index in [0.717, 1.165) is 41.1 Å². The Kier molecular flexibility index (Phi) is 7.51. The van der Waals surface area contributed by atoms with Crippen molar-refractivity contribution in [1.29, 1.82) is 0 Å². The Bertz CT molecular complexity index is 1460. The third-order valence-electron chi connectivity index (χ3n) is 6.73. The summed E-state index contributed by atoms with van der Waals surface area (Å²) in [5.74, 6) is -3.01. The van der Waals surface area contributed by atoms with Gasteiger partial charge >= 0.3 is 12.1 Å². The maximum atomic E-state index is 13.6. The van der Waals surface area contributed by atoms with Gasteiger partial charge < -0.3 is 14.8 Å². The van der Waals surface area contributed by atoms with E-state index in [1.807, 2.05) is 0 Å². The van der Waals surface area contributed by atoms with Gasteiger partial charge in [0.1, 0.15) is 0 Å². The average Bonchev–Trinajstić information content (AvgIpc) is 3.58. The van der Waals surface area contributed by atoms with Gasteiger partial charge in [0.25, 0.3) is 5.91 Å². The molecule has 1 aliphatic carbocycles. The number of alkyl halides is 3. The number of aliphatic carboxylic acids is 1. The summed E-state index contributed by atoms with van der Waals surface area (Å²) >= 11 is 1.57. The SMILES string of the molecule is O=C(O)CC1CCC(c2ncc(-c3ccc(NC(=O)c4nc(-c5ccccc5)oc4C(F)(F)F)cc3)s2)CC1. The predicted molar refractivity (Wildman–Crippen MR) is 139 cm³/mol. The molecule has 0 bridgehead atoms. The van der Waals surface area contributed by atoms with Crippen molar-refractivity contribution in [2.24, 2.45) is 5.92 Å². The maximum absolute atomic E-state index is 13.6. The molecule has 4 aromatic rings. The number of oxazole rings is 1. The second-order valence-corrected chi connectivity index (χ2v) is 10.5. The van der Waals surface area contributed by atoms with Crippen LogP contribution in [0, 0.1) is 5.92 Å². The molecule has 1 aliphatic rings. The first-order valence-corrected chi connectivity index (χ1v) is 13.2. The Morgan fingerprint density at radius 1 is 1.00 bits per heavy atom. The van der Waals surface area contributed by atoms with E-state index < -0.39 is 29.5 Å². The van der Waals surface area contributed by atoms with Crippen LogP contribution in [0.2, 0.25) is 0 Å². The van der Waals surface area contributed by atoms with Crippen LogP contribution >= 0.6 is 11.3 Å². The number of hydrogen-bond acceptors (Lipinski definition) is 6. The lowest BCUT2D eigenvalue weighted by molar-refractivity contribution is -0.153. The second-order valence-electron chi connectivity index (χ2n) is 9.47. The van der Waals surface area contributed by atoms with Crippen LogP contribution in [0.1, 0.15) is 59.3 Å². The maximum Gasteiger partial charge on any atom is 0.452 e. The lowest BCUT2D eigenvalue weighted by Crippen LogP contribution is -2.18. The van der Waals surface area contributed by atoms with E-state index >= 15 is 0 Å². The summed E-state index contributed by atoms with van der Waals surface area (Å²) in [6, 6.07) is 14.8. The van der Waals surface area contributed by atoms with Crippen LogP contribution in [-0.4, -0.2) is 27.0 Å². The molecule has 7 nitrogen and oxygen atoms in total. The van der Waals surface area contributed by atoms with Crippen LogP contribution in [0.4, 0.5) is 18.9 Å². The van der Waals surface area contributed by atoms with Crippen molar-refractivity contribution in [1.82, 2.24) is 9.97 Å². The summed E-state index contributed by atoms with van der Waals surface area (Å²) in [5.41, 5.74) is 0.655. The molecule has 0 aliphatic heterocycles. The Labute approximate surface area is 225 Å². The molecule has 5 rings (SSSR count). The predicted octanol–water partition coefficient (Wildman–Crippen LogP) is 7.48. The molecule has 0 unspecified atom stereocenters. The van der Waals surface area contributed by atoms with Gasteiger partial charge in [-0.1, -0.05) is 30.3 Å². The molecule has 1 saturated carbocycles. The van der Waals surface area contributed by atoms with Crippen molar-refractivity contribution in [2.45, 2.75) is 44.2 Å². The topological polar surface area (TPSA) is 105 Å². The fraction of sp³-hybridized carbons (Fsp3) is 0.286. The first kappa shape index (κ1) is 26.6. The third-order valence-corrected chi connectivity index (χ3v) is 7.94. The fourth-order valence-corrected chi connectivity index (χ4v) is 5.84. The van der Waals surface area contributed by atoms with E-state index in [4.69, 9.17) is 9.52 Å². The minimum atomic E-state index is -4.89. The third kappa shape index (κ3) is 6.19. The lowest BCUT2D eigenvalue weighted by atomic mass is 9.81. The van der Waals surface area contributed by atoms with Gasteiger partial charge in [0.15, 0.2) is 5.69 Å². The first-order valence-electron chi connectivity index (χ1n) is 12.4. The Balaban J connectivity index is 1.27. The zero-order valence-electron chi connectivity index (χ0n) is 20.6. The van der Waals surface area contributed by atoms with Gasteiger partial charge in [-0.05, 0) is 61.4 Å². The number of carbonyl (C=O) groups excluding carboxylic acids is 1. The molecule has 0 saturated heterocycles. The van der Waals surface area contributed by atoms with E-state index in [-0.39, 0.29) is 18.2 Å². The van der Waals surface area contributed by atoms with Crippen molar-refractivity contribution >= 4 is 28.9 Å². The van der Waals surface area contributed by atoms with E-state index in [1.165, 1.54) is 0 Å². The Hall–Kier alpha value is -3.99. The molecule has 2 N–H and O–H groups in total. The van der Waals surface area contributed by atoms with Crippen molar-refractivity contribution in [3.63, 3.8) is 0 Å². The zero-order valence-corrected chi connectivity index (χ0v) is 21.4. The van der Waals surface area contributed by atoms with Crippen LogP contribution in [0.5, 0.6) is 0 Å². The summed E-state index contributed by atoms with van der Waals surface area (Å²) in [4.78, 5) is 33.1. The van der Waals surface area contributed by atoms with E-state index in [2.05, 4.69) is 15.3 Å². The summed E-state index contributed by atoms with van der Waals surface area (Å²) in [6.07, 6.45) is 0.654. The molecule has 0 radical (unpaired) electrons. The molecule has 1 fully saturated rings. The van der Waals surface area contributed by atoms with Gasteiger partial charge in [0, 0.05) is 29.8 Å². The highest BCUT2D eigenvalue weighted by molar-refractivity contribution is 7.15. The van der Waals surface area contributed by atoms with Crippen LogP contribution < -0.4 is 5.32 Å². The zero-order chi connectivity index (χ0) is 27.6. The van der Waals surface area contributed by atoms with Gasteiger partial charge in [-0.2, -0.15) is 13.2 Å². The average molecular weight is 556 g/mol. The van der Waals surface area contributed by atoms with Crippen LogP contribution in [-0.2, 0) is 11.0 Å². The number of carboxylic acids is 1. The molecule has 2 aromatic heterocycles. The molecule has 11 heteroatoms. The number of amides is 1. The number of rotatable bonds is 7. The molecule has 39 heavy (non-hydrogen) atoms. The smallest absolute Gasteiger partial charge is 0.452 e. The van der Waals surface area contributed by atoms with Crippen LogP contribution in [0.3, 0.4) is 0 Å². The molecule has 0 spiro atoms. The molecule has 0 atom stereocenters. The van der Waals surface area contributed by atoms with Crippen molar-refractivity contribution in [3.05, 3.63) is 77.3 Å². The number of anilines is 1. The largest absolute Gasteiger partial charge is 0.481 e. The van der Waals surface area contributed by atoms with E-state index in [9.17, 15) is 22.8 Å². The number of thiazole rings is 1. The van der Waals surface area contributed by atoms with E-state index in [1.54, 1.807) is 72.1 Å². The highest BCUT2D eigenvalue weighted by Gasteiger charge is 2.42. The molecular formula is C28H24F3N3O4S. The minimum absolute atomic E-state index is 0.209. The van der Waals surface area contributed by atoms with E-state index in [0.29, 0.717) is 17.2 Å². The molecule has 2 heterocycles. The quantitative estimate of drug-likeness (QED) is 0.245. The molecule has 202 valence electrons. The standard InChI is InChI=1S/C28H24F3N3O4S/c29-28(30,31)24-23(34-26(38-24)18-4-2-1-3-5-18)25(37)33-20-12-10-17(11-13-20)21-15-32-27(39-21)19-8-6-16(7-9-19)14-22(35)36/h1-5,10-13,15-16,19H,6-9,14H2,(H,33,37)(H,35,36). The molecule has 2 aromatic carbocycles. The number of halogens is 3. The number of nitrogens with one attached hydrogen (secondary N) is 1. The molecule has 1 amide bonds. The Morgan fingerprint density at radius 3 is 2.33 bits per heavy atom. The number of carboxylic acid groups (broad SMARTS) is 1. The second kappa shape index (κ2) is 11.0. The minimum Gasteiger partial charge on any atom is -0.481 e. The van der Waals surface area contributed by atoms with Crippen molar-refractivity contribution < 1.29 is 32.3 Å². The number of nitrogens with zero attached hydrogens (tertiary/aromatic N) is 2. The van der Waals surface area contributed by atoms with Crippen LogP contribution in [0.15, 0.2) is 65.2 Å². The van der Waals surface area contributed by atoms with Gasteiger partial charge in [-0.3, -0.25) is 9.59 Å². The van der Waals surface area contributed by atoms with Gasteiger partial charge in [-0.25, -0.2) is 9.97 Å². The van der Waals surface area contributed by atoms with Crippen molar-refractivity contribution in [3.8, 4) is 21.9 Å². The van der Waals surface area contributed by atoms with Gasteiger partial charge in [0.05, 0.1) is 9.88 Å². The highest BCUT2D eigenvalue weighted by Crippen LogP contribution is 2.40. The fourth-order valence-electron chi connectivity index (χ4n) is 4.75. The summed E-state index contributed by atoms with van der Waals surface area (Å²) in [7, 11) is 0. The number of carbonyl (C=O) groups is 2. The number of benzene rings is 2. The van der Waals surface area contributed by atoms with Gasteiger partial charge in [-0.15, -0.1) is 11.3 Å². The van der Waals surface area contributed by atoms with Crippen molar-refractivity contribution in [2.75, 3.05) is 5.32 Å². The van der Waals surface area contributed by atoms with Crippen LogP contribution in [0.25, 0.3) is 21.9 Å². The number of hydrogen-bond donors (Lipinski definition) is 2. The normalized spacial score (nSPS) is 17.6. The Morgan fingerprint density at radius 2 is 1.69 bits per heavy atom. The highest BCUT2D eigenvalue weighted by atomic mass is 32.1. The summed E-state index contributed by atoms with van der Waals surface area (Å²) < 4.78 is 45.7. The summed E-state index contributed by atoms with van der Waals surface area (Å²) in [5, 5.41) is 12.5. The number of aromatic nitrogens is 2. The van der Waals surface area contributed by atoms with Gasteiger partial charge in [0.2, 0.25) is 11.7 Å². The first-order chi connectivity index (χ1) is 18.7.